The summed E-state index contributed by atoms with van der Waals surface area (Å²) >= 11 is 0. The van der Waals surface area contributed by atoms with Gasteiger partial charge in [-0.15, -0.1) is 0 Å². The quantitative estimate of drug-likeness (QED) is 0.519. The molecule has 0 aromatic heterocycles. The molecule has 5 fully saturated rings. The number of ether oxygens (including phenoxy) is 1. The van der Waals surface area contributed by atoms with Crippen molar-refractivity contribution in [2.45, 2.75) is 50.5 Å². The second-order valence-corrected chi connectivity index (χ2v) is 12.9. The lowest BCUT2D eigenvalue weighted by molar-refractivity contribution is 0.182. The van der Waals surface area contributed by atoms with Crippen molar-refractivity contribution in [3.63, 3.8) is 0 Å². The summed E-state index contributed by atoms with van der Waals surface area (Å²) in [6.45, 7) is 4.29. The molecule has 1 saturated heterocycles. The van der Waals surface area contributed by atoms with Gasteiger partial charge in [-0.3, -0.25) is 0 Å². The number of nitrogens with zero attached hydrogens (tertiary/aromatic N) is 2. The fourth-order valence-corrected chi connectivity index (χ4v) is 7.77. The summed E-state index contributed by atoms with van der Waals surface area (Å²) in [5.74, 6) is 3.23. The zero-order valence-corrected chi connectivity index (χ0v) is 21.0. The summed E-state index contributed by atoms with van der Waals surface area (Å²) < 4.78 is 30.7. The molecule has 1 aliphatic heterocycles. The number of hydrogen-bond acceptors (Lipinski definition) is 5. The fourth-order valence-electron chi connectivity index (χ4n) is 6.94. The van der Waals surface area contributed by atoms with Gasteiger partial charge in [-0.25, -0.2) is 13.2 Å². The molecule has 4 aliphatic carbocycles. The van der Waals surface area contributed by atoms with Crippen molar-refractivity contribution in [1.82, 2.24) is 14.5 Å². The van der Waals surface area contributed by atoms with E-state index in [-0.39, 0.29) is 11.6 Å². The molecule has 6 rings (SSSR count). The molecule has 0 radical (unpaired) electrons. The highest BCUT2D eigenvalue weighted by atomic mass is 32.2. The average molecular weight is 491 g/mol. The van der Waals surface area contributed by atoms with Crippen LogP contribution in [-0.4, -0.2) is 74.8 Å². The van der Waals surface area contributed by atoms with Gasteiger partial charge in [0.1, 0.15) is 5.75 Å². The molecular weight excluding hydrogens is 452 g/mol. The minimum Gasteiger partial charge on any atom is -0.494 e. The van der Waals surface area contributed by atoms with Crippen molar-refractivity contribution in [2.24, 2.45) is 17.8 Å². The Morgan fingerprint density at radius 1 is 1.09 bits per heavy atom. The molecule has 2 unspecified atom stereocenters. The zero-order valence-electron chi connectivity index (χ0n) is 20.2. The number of anilines is 1. The van der Waals surface area contributed by atoms with Gasteiger partial charge in [0.05, 0.1) is 12.9 Å². The van der Waals surface area contributed by atoms with E-state index < -0.39 is 10.0 Å². The number of nitrogens with one attached hydrogen (secondary N) is 2. The van der Waals surface area contributed by atoms with Crippen LogP contribution in [0.15, 0.2) is 24.3 Å². The van der Waals surface area contributed by atoms with E-state index in [0.717, 1.165) is 80.9 Å². The van der Waals surface area contributed by atoms with Crippen LogP contribution in [0.4, 0.5) is 10.5 Å². The van der Waals surface area contributed by atoms with Gasteiger partial charge in [-0.2, -0.15) is 4.31 Å². The third-order valence-electron chi connectivity index (χ3n) is 8.33. The molecular formula is C25H38N4O4S. The molecule has 0 spiro atoms. The zero-order chi connectivity index (χ0) is 23.8. The molecule has 8 nitrogen and oxygen atoms in total. The predicted molar refractivity (Wildman–Crippen MR) is 132 cm³/mol. The predicted octanol–water partition coefficient (Wildman–Crippen LogP) is 3.12. The van der Waals surface area contributed by atoms with E-state index in [1.807, 2.05) is 24.3 Å². The molecule has 188 valence electrons. The smallest absolute Gasteiger partial charge is 0.319 e. The third-order valence-corrected chi connectivity index (χ3v) is 9.64. The summed E-state index contributed by atoms with van der Waals surface area (Å²) in [4.78, 5) is 15.0. The normalized spacial score (nSPS) is 31.0. The monoisotopic (exact) mass is 490 g/mol. The maximum Gasteiger partial charge on any atom is 0.319 e. The van der Waals surface area contributed by atoms with E-state index in [1.165, 1.54) is 19.1 Å². The Balaban J connectivity index is 1.00. The number of carbonyl (C=O) groups is 1. The van der Waals surface area contributed by atoms with Crippen molar-refractivity contribution < 1.29 is 17.9 Å². The molecule has 2 atom stereocenters. The largest absolute Gasteiger partial charge is 0.494 e. The van der Waals surface area contributed by atoms with Gasteiger partial charge in [0.15, 0.2) is 0 Å². The number of hydrogen-bond donors (Lipinski definition) is 2. The summed E-state index contributed by atoms with van der Waals surface area (Å²) in [6.07, 6.45) is 9.39. The Bertz CT molecular complexity index is 973. The number of amides is 2. The summed E-state index contributed by atoms with van der Waals surface area (Å²) in [7, 11) is -3.07. The van der Waals surface area contributed by atoms with Crippen molar-refractivity contribution in [2.75, 3.05) is 50.9 Å². The Hall–Kier alpha value is -1.84. The highest BCUT2D eigenvalue weighted by molar-refractivity contribution is 7.88. The van der Waals surface area contributed by atoms with Crippen LogP contribution in [0, 0.1) is 17.8 Å². The van der Waals surface area contributed by atoms with Crippen LogP contribution in [0.2, 0.25) is 0 Å². The Morgan fingerprint density at radius 3 is 2.50 bits per heavy atom. The van der Waals surface area contributed by atoms with E-state index in [0.29, 0.717) is 19.7 Å². The van der Waals surface area contributed by atoms with Crippen LogP contribution < -0.4 is 15.4 Å². The third kappa shape index (κ3) is 5.52. The van der Waals surface area contributed by atoms with Crippen molar-refractivity contribution in [3.8, 4) is 5.75 Å². The molecule has 2 N–H and O–H groups in total. The Kier molecular flexibility index (Phi) is 6.79. The van der Waals surface area contributed by atoms with Gasteiger partial charge >= 0.3 is 6.03 Å². The van der Waals surface area contributed by atoms with Crippen LogP contribution in [-0.2, 0) is 10.0 Å². The van der Waals surface area contributed by atoms with Gasteiger partial charge in [0, 0.05) is 43.5 Å². The average Bonchev–Trinajstić information content (AvgIpc) is 3.19. The molecule has 5 aliphatic rings. The summed E-state index contributed by atoms with van der Waals surface area (Å²) in [5, 5.41) is 6.33. The second-order valence-electron chi connectivity index (χ2n) is 10.9. The maximum atomic E-state index is 12.7. The number of sulfonamides is 1. The molecule has 4 saturated carbocycles. The molecule has 4 bridgehead atoms. The molecule has 9 heteroatoms. The minimum absolute atomic E-state index is 0.0200. The van der Waals surface area contributed by atoms with Crippen LogP contribution in [0.3, 0.4) is 0 Å². The summed E-state index contributed by atoms with van der Waals surface area (Å²) in [5.41, 5.74) is 0.775. The van der Waals surface area contributed by atoms with Gasteiger partial charge in [0.25, 0.3) is 0 Å². The number of carbonyl (C=O) groups excluding carboxylic acids is 1. The van der Waals surface area contributed by atoms with E-state index in [4.69, 9.17) is 4.74 Å². The van der Waals surface area contributed by atoms with Crippen LogP contribution in [0.1, 0.15) is 44.9 Å². The molecule has 1 heterocycles. The maximum absolute atomic E-state index is 12.7. The van der Waals surface area contributed by atoms with Crippen LogP contribution >= 0.6 is 0 Å². The van der Waals surface area contributed by atoms with E-state index in [2.05, 4.69) is 15.5 Å². The first kappa shape index (κ1) is 23.9. The van der Waals surface area contributed by atoms with Crippen LogP contribution in [0.25, 0.3) is 0 Å². The molecule has 1 aromatic carbocycles. The van der Waals surface area contributed by atoms with E-state index in [1.54, 1.807) is 4.31 Å². The lowest BCUT2D eigenvalue weighted by Crippen LogP contribution is -2.51. The first-order valence-electron chi connectivity index (χ1n) is 12.8. The standard InChI is InChI=1S/C25H38N4O4S/c1-34(31,32)29-10-8-28(9-11-29)7-2-3-12-33-23-6-4-5-22(15-23)26-24(30)27-25-16-19-13-20(17-25)21(14-19)18-25/h4-6,15,19-21H,2-3,7-14,16-18H2,1H3,(H2,26,27,30). The highest BCUT2D eigenvalue weighted by Gasteiger charge is 2.56. The van der Waals surface area contributed by atoms with E-state index >= 15 is 0 Å². The van der Waals surface area contributed by atoms with Gasteiger partial charge in [0.2, 0.25) is 10.0 Å². The second kappa shape index (κ2) is 9.66. The number of benzene rings is 1. The highest BCUT2D eigenvalue weighted by Crippen LogP contribution is 2.59. The Morgan fingerprint density at radius 2 is 1.82 bits per heavy atom. The lowest BCUT2D eigenvalue weighted by Gasteiger charge is -2.39. The molecule has 34 heavy (non-hydrogen) atoms. The lowest BCUT2D eigenvalue weighted by atomic mass is 9.76. The number of rotatable bonds is 9. The SMILES string of the molecule is CS(=O)(=O)N1CCN(CCCCOc2cccc(NC(=O)NC34CC5CC(C3)C(C5)C4)c2)CC1. The summed E-state index contributed by atoms with van der Waals surface area (Å²) in [6, 6.07) is 7.51. The topological polar surface area (TPSA) is 91.0 Å². The molecule has 2 amide bonds. The first-order valence-corrected chi connectivity index (χ1v) is 14.6. The number of piperazine rings is 1. The molecule has 1 aromatic rings. The van der Waals surface area contributed by atoms with Crippen molar-refractivity contribution in [1.29, 1.82) is 0 Å². The number of urea groups is 1. The van der Waals surface area contributed by atoms with Crippen LogP contribution in [0.5, 0.6) is 5.75 Å². The Labute approximate surface area is 203 Å². The fraction of sp³-hybridized carbons (Fsp3) is 0.720. The van der Waals surface area contributed by atoms with Gasteiger partial charge in [-0.05, 0) is 81.4 Å². The van der Waals surface area contributed by atoms with Gasteiger partial charge in [-0.1, -0.05) is 6.07 Å². The van der Waals surface area contributed by atoms with Crippen molar-refractivity contribution in [3.05, 3.63) is 24.3 Å². The number of unbranched alkanes of at least 4 members (excludes halogenated alkanes) is 1. The minimum atomic E-state index is -3.07. The first-order chi connectivity index (χ1) is 16.3. The van der Waals surface area contributed by atoms with Gasteiger partial charge < -0.3 is 20.3 Å². The van der Waals surface area contributed by atoms with E-state index in [9.17, 15) is 13.2 Å². The van der Waals surface area contributed by atoms with Crippen molar-refractivity contribution >= 4 is 21.7 Å².